The number of ether oxygens (including phenoxy) is 1. The smallest absolute Gasteiger partial charge is 0.119 e. The van der Waals surface area contributed by atoms with Crippen molar-refractivity contribution in [2.24, 2.45) is 0 Å². The molecule has 0 saturated heterocycles. The summed E-state index contributed by atoms with van der Waals surface area (Å²) in [5, 5.41) is 14.4. The number of aromatic nitrogens is 1. The highest BCUT2D eigenvalue weighted by Crippen LogP contribution is 2.13. The molecule has 21 heavy (non-hydrogen) atoms. The largest absolute Gasteiger partial charge is 0.491 e. The molecular formula is C16H22N2O2S. The average Bonchev–Trinajstić information content (AvgIpc) is 2.89. The standard InChI is InChI=1S/C16H22N2O2S/c1-12(8-16-18-9-13(2)21-16)17-10-14(19)11-20-15-6-4-3-5-7-15/h3-7,9,12,14,17,19H,8,10-11H2,1-2H3. The Morgan fingerprint density at radius 3 is 2.76 bits per heavy atom. The van der Waals surface area contributed by atoms with Gasteiger partial charge in [0.15, 0.2) is 0 Å². The fraction of sp³-hybridized carbons (Fsp3) is 0.438. The lowest BCUT2D eigenvalue weighted by Gasteiger charge is -2.17. The van der Waals surface area contributed by atoms with E-state index in [0.717, 1.165) is 17.2 Å². The van der Waals surface area contributed by atoms with Crippen molar-refractivity contribution in [2.45, 2.75) is 32.4 Å². The molecule has 2 unspecified atom stereocenters. The Kier molecular flexibility index (Phi) is 6.17. The summed E-state index contributed by atoms with van der Waals surface area (Å²) in [5.74, 6) is 0.780. The van der Waals surface area contributed by atoms with E-state index in [0.29, 0.717) is 13.2 Å². The average molecular weight is 306 g/mol. The molecule has 2 atom stereocenters. The van der Waals surface area contributed by atoms with Gasteiger partial charge < -0.3 is 15.2 Å². The molecule has 4 nitrogen and oxygen atoms in total. The fourth-order valence-electron chi connectivity index (χ4n) is 1.94. The summed E-state index contributed by atoms with van der Waals surface area (Å²) >= 11 is 1.72. The zero-order chi connectivity index (χ0) is 15.1. The molecule has 2 aromatic rings. The Morgan fingerprint density at radius 2 is 2.10 bits per heavy atom. The number of benzene rings is 1. The summed E-state index contributed by atoms with van der Waals surface area (Å²) in [4.78, 5) is 5.58. The zero-order valence-corrected chi connectivity index (χ0v) is 13.3. The number of aryl methyl sites for hydroxylation is 1. The van der Waals surface area contributed by atoms with Crippen LogP contribution in [0, 0.1) is 6.92 Å². The summed E-state index contributed by atoms with van der Waals surface area (Å²) in [7, 11) is 0. The van der Waals surface area contributed by atoms with E-state index >= 15 is 0 Å². The number of aliphatic hydroxyl groups excluding tert-OH is 1. The molecular weight excluding hydrogens is 284 g/mol. The number of rotatable bonds is 8. The van der Waals surface area contributed by atoms with Gasteiger partial charge in [0.1, 0.15) is 18.5 Å². The lowest BCUT2D eigenvalue weighted by molar-refractivity contribution is 0.104. The van der Waals surface area contributed by atoms with E-state index < -0.39 is 6.10 Å². The van der Waals surface area contributed by atoms with Crippen LogP contribution in [-0.2, 0) is 6.42 Å². The molecule has 5 heteroatoms. The number of thiazole rings is 1. The maximum Gasteiger partial charge on any atom is 0.119 e. The van der Waals surface area contributed by atoms with Gasteiger partial charge in [-0.3, -0.25) is 0 Å². The van der Waals surface area contributed by atoms with Crippen LogP contribution in [0.3, 0.4) is 0 Å². The molecule has 1 aromatic carbocycles. The van der Waals surface area contributed by atoms with Gasteiger partial charge >= 0.3 is 0 Å². The first-order chi connectivity index (χ1) is 10.1. The van der Waals surface area contributed by atoms with Gasteiger partial charge in [0.05, 0.1) is 5.01 Å². The first-order valence-corrected chi connectivity index (χ1v) is 7.95. The van der Waals surface area contributed by atoms with Crippen molar-refractivity contribution >= 4 is 11.3 Å². The lowest BCUT2D eigenvalue weighted by atomic mass is 10.2. The molecule has 1 aromatic heterocycles. The van der Waals surface area contributed by atoms with Gasteiger partial charge in [0.25, 0.3) is 0 Å². The van der Waals surface area contributed by atoms with Crippen LogP contribution in [0.4, 0.5) is 0 Å². The second-order valence-corrected chi connectivity index (χ2v) is 6.48. The lowest BCUT2D eigenvalue weighted by Crippen LogP contribution is -2.37. The van der Waals surface area contributed by atoms with Gasteiger partial charge in [0, 0.05) is 30.1 Å². The van der Waals surface area contributed by atoms with Crippen molar-refractivity contribution in [3.8, 4) is 5.75 Å². The summed E-state index contributed by atoms with van der Waals surface area (Å²) in [6.45, 7) is 4.96. The number of para-hydroxylation sites is 1. The van der Waals surface area contributed by atoms with E-state index in [4.69, 9.17) is 4.74 Å². The van der Waals surface area contributed by atoms with Crippen LogP contribution in [0.1, 0.15) is 16.8 Å². The van der Waals surface area contributed by atoms with E-state index in [-0.39, 0.29) is 6.04 Å². The molecule has 0 aliphatic heterocycles. The van der Waals surface area contributed by atoms with Crippen molar-refractivity contribution in [2.75, 3.05) is 13.2 Å². The number of aliphatic hydroxyl groups is 1. The Hall–Kier alpha value is -1.43. The van der Waals surface area contributed by atoms with Crippen LogP contribution < -0.4 is 10.1 Å². The van der Waals surface area contributed by atoms with Crippen LogP contribution in [0.5, 0.6) is 5.75 Å². The normalized spacial score (nSPS) is 13.9. The summed E-state index contributed by atoms with van der Waals surface area (Å²) in [6, 6.07) is 9.81. The van der Waals surface area contributed by atoms with Gasteiger partial charge in [-0.1, -0.05) is 18.2 Å². The molecule has 0 bridgehead atoms. The number of nitrogens with zero attached hydrogens (tertiary/aromatic N) is 1. The first kappa shape index (κ1) is 15.9. The van der Waals surface area contributed by atoms with Gasteiger partial charge in [0.2, 0.25) is 0 Å². The predicted octanol–water partition coefficient (Wildman–Crippen LogP) is 2.41. The maximum atomic E-state index is 9.93. The molecule has 0 fully saturated rings. The molecule has 1 heterocycles. The number of hydrogen-bond donors (Lipinski definition) is 2. The summed E-state index contributed by atoms with van der Waals surface area (Å²) < 4.78 is 5.52. The summed E-state index contributed by atoms with van der Waals surface area (Å²) in [6.07, 6.45) is 2.26. The summed E-state index contributed by atoms with van der Waals surface area (Å²) in [5.41, 5.74) is 0. The first-order valence-electron chi connectivity index (χ1n) is 7.14. The number of hydrogen-bond acceptors (Lipinski definition) is 5. The van der Waals surface area contributed by atoms with Crippen LogP contribution in [-0.4, -0.2) is 35.4 Å². The van der Waals surface area contributed by atoms with Crippen LogP contribution >= 0.6 is 11.3 Å². The van der Waals surface area contributed by atoms with Gasteiger partial charge in [-0.15, -0.1) is 11.3 Å². The van der Waals surface area contributed by atoms with Crippen molar-refractivity contribution < 1.29 is 9.84 Å². The fourth-order valence-corrected chi connectivity index (χ4v) is 2.85. The Morgan fingerprint density at radius 1 is 1.33 bits per heavy atom. The maximum absolute atomic E-state index is 9.93. The molecule has 0 saturated carbocycles. The highest BCUT2D eigenvalue weighted by Gasteiger charge is 2.10. The second kappa shape index (κ2) is 8.12. The molecule has 0 amide bonds. The van der Waals surface area contributed by atoms with E-state index in [1.165, 1.54) is 4.88 Å². The minimum absolute atomic E-state index is 0.280. The van der Waals surface area contributed by atoms with Crippen molar-refractivity contribution in [3.63, 3.8) is 0 Å². The Balaban J connectivity index is 1.65. The van der Waals surface area contributed by atoms with Crippen molar-refractivity contribution in [1.82, 2.24) is 10.3 Å². The molecule has 0 aliphatic carbocycles. The Bertz CT molecular complexity index is 530. The minimum Gasteiger partial charge on any atom is -0.491 e. The Labute approximate surface area is 129 Å². The van der Waals surface area contributed by atoms with Crippen LogP contribution in [0.2, 0.25) is 0 Å². The molecule has 2 rings (SSSR count). The van der Waals surface area contributed by atoms with Gasteiger partial charge in [-0.2, -0.15) is 0 Å². The quantitative estimate of drug-likeness (QED) is 0.786. The third kappa shape index (κ3) is 5.83. The van der Waals surface area contributed by atoms with Crippen molar-refractivity contribution in [3.05, 3.63) is 46.4 Å². The van der Waals surface area contributed by atoms with E-state index in [2.05, 4.69) is 24.1 Å². The zero-order valence-electron chi connectivity index (χ0n) is 12.5. The third-order valence-electron chi connectivity index (χ3n) is 3.04. The van der Waals surface area contributed by atoms with E-state index in [9.17, 15) is 5.11 Å². The van der Waals surface area contributed by atoms with Crippen LogP contribution in [0.25, 0.3) is 0 Å². The van der Waals surface area contributed by atoms with Gasteiger partial charge in [-0.25, -0.2) is 4.98 Å². The molecule has 114 valence electrons. The SMILES string of the molecule is Cc1cnc(CC(C)NCC(O)COc2ccccc2)s1. The monoisotopic (exact) mass is 306 g/mol. The molecule has 2 N–H and O–H groups in total. The number of nitrogens with one attached hydrogen (secondary N) is 1. The van der Waals surface area contributed by atoms with Gasteiger partial charge in [-0.05, 0) is 26.0 Å². The second-order valence-electron chi connectivity index (χ2n) is 5.16. The van der Waals surface area contributed by atoms with Crippen molar-refractivity contribution in [1.29, 1.82) is 0 Å². The highest BCUT2D eigenvalue weighted by molar-refractivity contribution is 7.11. The molecule has 0 spiro atoms. The topological polar surface area (TPSA) is 54.4 Å². The van der Waals surface area contributed by atoms with Crippen LogP contribution in [0.15, 0.2) is 36.5 Å². The molecule has 0 aliphatic rings. The third-order valence-corrected chi connectivity index (χ3v) is 3.97. The highest BCUT2D eigenvalue weighted by atomic mass is 32.1. The minimum atomic E-state index is -0.523. The predicted molar refractivity (Wildman–Crippen MR) is 86.0 cm³/mol. The molecule has 0 radical (unpaired) electrons. The van der Waals surface area contributed by atoms with E-state index in [1.54, 1.807) is 11.3 Å². The van der Waals surface area contributed by atoms with E-state index in [1.807, 2.05) is 36.5 Å².